The van der Waals surface area contributed by atoms with Crippen molar-refractivity contribution < 1.29 is 37.1 Å². The molecular weight excluding hydrogens is 798 g/mol. The molecule has 2 bridgehead atoms. The number of imide groups is 1. The van der Waals surface area contributed by atoms with E-state index in [0.717, 1.165) is 62.2 Å². The van der Waals surface area contributed by atoms with E-state index in [2.05, 4.69) is 25.8 Å². The highest BCUT2D eigenvalue weighted by Crippen LogP contribution is 2.48. The number of alkyl halides is 3. The van der Waals surface area contributed by atoms with Gasteiger partial charge in [0, 0.05) is 60.9 Å². The highest BCUT2D eigenvalue weighted by Gasteiger charge is 2.52. The van der Waals surface area contributed by atoms with Crippen LogP contribution in [0, 0.1) is 11.3 Å². The summed E-state index contributed by atoms with van der Waals surface area (Å²) in [5.41, 5.74) is -0.674. The van der Waals surface area contributed by atoms with E-state index < -0.39 is 40.3 Å². The topological polar surface area (TPSA) is 150 Å². The van der Waals surface area contributed by atoms with Gasteiger partial charge in [0.05, 0.1) is 23.7 Å². The number of rotatable bonds is 12. The maximum absolute atomic E-state index is 13.8. The Labute approximate surface area is 351 Å². The Morgan fingerprint density at radius 1 is 0.967 bits per heavy atom. The average molecular weight is 845 g/mol. The van der Waals surface area contributed by atoms with Crippen molar-refractivity contribution in [1.82, 2.24) is 15.1 Å². The van der Waals surface area contributed by atoms with Crippen LogP contribution in [-0.4, -0.2) is 95.4 Å². The van der Waals surface area contributed by atoms with Crippen LogP contribution in [-0.2, 0) is 25.4 Å². The summed E-state index contributed by atoms with van der Waals surface area (Å²) in [7, 11) is 0. The zero-order valence-electron chi connectivity index (χ0n) is 33.3. The predicted octanol–water partition coefficient (Wildman–Crippen LogP) is 5.68. The third-order valence-corrected chi connectivity index (χ3v) is 12.7. The lowest BCUT2D eigenvalue weighted by Crippen LogP contribution is -2.56. The second-order valence-electron chi connectivity index (χ2n) is 16.7. The van der Waals surface area contributed by atoms with Crippen LogP contribution in [0.4, 0.5) is 35.9 Å². The van der Waals surface area contributed by atoms with Gasteiger partial charge in [-0.15, -0.1) is 12.6 Å². The maximum atomic E-state index is 13.8. The fourth-order valence-electron chi connectivity index (χ4n) is 9.05. The molecular formula is C43H47F3N8O5S. The van der Waals surface area contributed by atoms with Crippen molar-refractivity contribution in [3.8, 4) is 11.8 Å². The zero-order chi connectivity index (χ0) is 42.5. The van der Waals surface area contributed by atoms with Gasteiger partial charge in [-0.05, 0) is 112 Å². The number of ether oxygens (including phenoxy) is 1. The van der Waals surface area contributed by atoms with E-state index in [1.54, 1.807) is 43.0 Å². The SMILES string of the molecule is CC1(C)C(=O)N(c2ccc(C#N)c(C(F)(F)F)c2)C(S)N1c1ccc(OCCN2CC3CCC(C2)N3CC(=O)Nc2cccc(NC3CCC(=O)NC3=O)c2)c(C2CC2)c1. The molecule has 316 valence electrons. The molecule has 4 amide bonds. The number of nitrogens with zero attached hydrogens (tertiary/aromatic N) is 5. The van der Waals surface area contributed by atoms with Crippen molar-refractivity contribution in [2.75, 3.05) is 53.2 Å². The first-order valence-corrected chi connectivity index (χ1v) is 20.8. The van der Waals surface area contributed by atoms with Gasteiger partial charge in [0.25, 0.3) is 5.91 Å². The maximum Gasteiger partial charge on any atom is 0.417 e. The van der Waals surface area contributed by atoms with Crippen LogP contribution in [0.5, 0.6) is 5.75 Å². The lowest BCUT2D eigenvalue weighted by atomic mass is 10.0. The lowest BCUT2D eigenvalue weighted by Gasteiger charge is -2.40. The largest absolute Gasteiger partial charge is 0.492 e. The Bertz CT molecular complexity index is 2230. The van der Waals surface area contributed by atoms with E-state index >= 15 is 0 Å². The summed E-state index contributed by atoms with van der Waals surface area (Å²) in [6.45, 7) is 6.50. The van der Waals surface area contributed by atoms with Gasteiger partial charge in [-0.3, -0.25) is 39.2 Å². The summed E-state index contributed by atoms with van der Waals surface area (Å²) in [6, 6.07) is 17.8. The predicted molar refractivity (Wildman–Crippen MR) is 222 cm³/mol. The van der Waals surface area contributed by atoms with Crippen LogP contribution in [0.1, 0.15) is 75.0 Å². The van der Waals surface area contributed by atoms with E-state index in [1.165, 1.54) is 11.0 Å². The van der Waals surface area contributed by atoms with E-state index in [9.17, 15) is 37.6 Å². The van der Waals surface area contributed by atoms with Crippen LogP contribution in [0.3, 0.4) is 0 Å². The molecule has 0 aromatic heterocycles. The number of nitriles is 1. The Morgan fingerprint density at radius 2 is 1.68 bits per heavy atom. The number of carbonyl (C=O) groups is 4. The second-order valence-corrected chi connectivity index (χ2v) is 17.2. The number of likely N-dealkylation sites (tertiary alicyclic amines) is 1. The molecule has 4 unspecified atom stereocenters. The number of piperazine rings is 1. The molecule has 1 saturated carbocycles. The van der Waals surface area contributed by atoms with E-state index in [1.807, 2.05) is 24.3 Å². The molecule has 3 aromatic carbocycles. The molecule has 5 fully saturated rings. The average Bonchev–Trinajstić information content (AvgIpc) is 3.99. The molecule has 1 aliphatic carbocycles. The van der Waals surface area contributed by atoms with Crippen molar-refractivity contribution in [2.45, 2.75) is 93.6 Å². The summed E-state index contributed by atoms with van der Waals surface area (Å²) in [4.78, 5) is 58.5. The van der Waals surface area contributed by atoms with Crippen molar-refractivity contribution in [2.24, 2.45) is 0 Å². The van der Waals surface area contributed by atoms with Crippen molar-refractivity contribution >= 4 is 59.0 Å². The molecule has 4 aliphatic heterocycles. The van der Waals surface area contributed by atoms with Crippen molar-refractivity contribution in [3.05, 3.63) is 77.4 Å². The normalized spacial score (nSPS) is 24.3. The van der Waals surface area contributed by atoms with Crippen molar-refractivity contribution in [1.29, 1.82) is 5.26 Å². The molecule has 3 N–H and O–H groups in total. The highest BCUT2D eigenvalue weighted by atomic mass is 32.1. The van der Waals surface area contributed by atoms with Crippen LogP contribution in [0.2, 0.25) is 0 Å². The van der Waals surface area contributed by atoms with Crippen molar-refractivity contribution in [3.63, 3.8) is 0 Å². The first-order valence-electron chi connectivity index (χ1n) is 20.3. The van der Waals surface area contributed by atoms with Crippen LogP contribution in [0.15, 0.2) is 60.7 Å². The molecule has 8 rings (SSSR count). The van der Waals surface area contributed by atoms with Gasteiger partial charge in [0.1, 0.15) is 23.9 Å². The molecule has 5 aliphatic rings. The van der Waals surface area contributed by atoms with E-state index in [4.69, 9.17) is 17.4 Å². The molecule has 4 saturated heterocycles. The summed E-state index contributed by atoms with van der Waals surface area (Å²) in [5, 5.41) is 17.8. The molecule has 17 heteroatoms. The zero-order valence-corrected chi connectivity index (χ0v) is 34.2. The standard InChI is InChI=1S/C43H47F3N8O5S/c1-42(2)40(58)53(29-9-8-26(21-47)34(20-29)43(44,45)46)41(60)54(42)30-12-14-36(33(19-30)25-6-7-25)59-17-16-51-22-31-10-11-32(23-51)52(31)24-38(56)49-28-5-3-4-27(18-28)48-35-13-15-37(55)50-39(35)57/h3-5,8-9,12,14,18-20,25,31-32,35,41,48,60H,6-7,10-11,13,15-17,22-24H2,1-2H3,(H,49,56)(H,50,55,57). The summed E-state index contributed by atoms with van der Waals surface area (Å²) in [6.07, 6.45) is -0.108. The van der Waals surface area contributed by atoms with E-state index in [0.29, 0.717) is 42.6 Å². The Hall–Kier alpha value is -5.31. The smallest absolute Gasteiger partial charge is 0.417 e. The van der Waals surface area contributed by atoms with Gasteiger partial charge in [-0.2, -0.15) is 18.4 Å². The first-order chi connectivity index (χ1) is 28.6. The quantitative estimate of drug-likeness (QED) is 0.133. The number of piperidine rings is 1. The second kappa shape index (κ2) is 16.3. The molecule has 3 aromatic rings. The Kier molecular flexibility index (Phi) is 11.2. The van der Waals surface area contributed by atoms with Crippen LogP contribution in [0.25, 0.3) is 0 Å². The highest BCUT2D eigenvalue weighted by molar-refractivity contribution is 7.81. The molecule has 60 heavy (non-hydrogen) atoms. The minimum Gasteiger partial charge on any atom is -0.492 e. The van der Waals surface area contributed by atoms with Gasteiger partial charge >= 0.3 is 6.18 Å². The number of benzene rings is 3. The number of hydrogen-bond acceptors (Lipinski definition) is 11. The Balaban J connectivity index is 0.866. The number of hydrogen-bond donors (Lipinski definition) is 4. The molecule has 13 nitrogen and oxygen atoms in total. The third kappa shape index (κ3) is 8.37. The number of anilines is 4. The summed E-state index contributed by atoms with van der Waals surface area (Å²) >= 11 is 4.77. The number of thiol groups is 1. The van der Waals surface area contributed by atoms with Crippen LogP contribution >= 0.6 is 12.6 Å². The molecule has 0 spiro atoms. The Morgan fingerprint density at radius 3 is 2.37 bits per heavy atom. The van der Waals surface area contributed by atoms with Gasteiger partial charge in [0.15, 0.2) is 5.50 Å². The number of nitrogens with one attached hydrogen (secondary N) is 3. The van der Waals surface area contributed by atoms with Gasteiger partial charge < -0.3 is 20.3 Å². The summed E-state index contributed by atoms with van der Waals surface area (Å²) in [5.74, 6) is -0.119. The fraction of sp³-hybridized carbons (Fsp3) is 0.465. The molecule has 4 heterocycles. The van der Waals surface area contributed by atoms with Gasteiger partial charge in [0.2, 0.25) is 17.7 Å². The van der Waals surface area contributed by atoms with Crippen LogP contribution < -0.4 is 30.5 Å². The monoisotopic (exact) mass is 844 g/mol. The number of carbonyl (C=O) groups excluding carboxylic acids is 4. The number of halogens is 3. The molecule has 4 atom stereocenters. The van der Waals surface area contributed by atoms with Gasteiger partial charge in [-0.25, -0.2) is 0 Å². The summed E-state index contributed by atoms with van der Waals surface area (Å²) < 4.78 is 48.0. The molecule has 0 radical (unpaired) electrons. The third-order valence-electron chi connectivity index (χ3n) is 12.2. The fourth-order valence-corrected chi connectivity index (χ4v) is 9.71. The minimum atomic E-state index is -4.77. The van der Waals surface area contributed by atoms with E-state index in [-0.39, 0.29) is 48.5 Å². The number of fused-ring (bicyclic) bond motifs is 2. The lowest BCUT2D eigenvalue weighted by molar-refractivity contribution is -0.138. The van der Waals surface area contributed by atoms with Gasteiger partial charge in [-0.1, -0.05) is 6.07 Å². The minimum absolute atomic E-state index is 0.00525. The first kappa shape index (κ1) is 41.4. The number of amides is 4.